The number of aliphatic hydroxyl groups is 1. The molecular formula is C20H26ClN5O2S. The Balaban J connectivity index is 1.50. The molecule has 2 aliphatic heterocycles. The number of piperidine rings is 1. The van der Waals surface area contributed by atoms with Crippen molar-refractivity contribution in [3.05, 3.63) is 35.1 Å². The van der Waals surface area contributed by atoms with E-state index in [4.69, 9.17) is 27.8 Å². The first-order chi connectivity index (χ1) is 13.9. The highest BCUT2D eigenvalue weighted by molar-refractivity contribution is 7.99. The molecule has 5 N–H and O–H groups in total. The minimum Gasteiger partial charge on any atom is -0.390 e. The van der Waals surface area contributed by atoms with Crippen LogP contribution in [0, 0.1) is 5.41 Å². The highest BCUT2D eigenvalue weighted by Gasteiger charge is 2.47. The highest BCUT2D eigenvalue weighted by atomic mass is 35.5. The van der Waals surface area contributed by atoms with Crippen molar-refractivity contribution in [3.63, 3.8) is 0 Å². The van der Waals surface area contributed by atoms with Gasteiger partial charge in [0.15, 0.2) is 0 Å². The van der Waals surface area contributed by atoms with E-state index in [1.807, 2.05) is 12.1 Å². The van der Waals surface area contributed by atoms with Gasteiger partial charge in [0.2, 0.25) is 0 Å². The van der Waals surface area contributed by atoms with Crippen LogP contribution >= 0.6 is 23.4 Å². The number of hydrogen-bond acceptors (Lipinski definition) is 8. The molecule has 2 aromatic rings. The zero-order chi connectivity index (χ0) is 20.6. The van der Waals surface area contributed by atoms with Gasteiger partial charge in [-0.3, -0.25) is 0 Å². The molecule has 7 nitrogen and oxygen atoms in total. The van der Waals surface area contributed by atoms with E-state index in [-0.39, 0.29) is 24.2 Å². The molecule has 29 heavy (non-hydrogen) atoms. The van der Waals surface area contributed by atoms with Gasteiger partial charge in [-0.2, -0.15) is 0 Å². The average molecular weight is 436 g/mol. The van der Waals surface area contributed by atoms with Gasteiger partial charge in [-0.25, -0.2) is 9.97 Å². The topological polar surface area (TPSA) is 111 Å². The van der Waals surface area contributed by atoms with Crippen LogP contribution in [0.2, 0.25) is 5.02 Å². The van der Waals surface area contributed by atoms with Crippen molar-refractivity contribution in [2.45, 2.75) is 48.4 Å². The Hall–Kier alpha value is -1.58. The summed E-state index contributed by atoms with van der Waals surface area (Å²) in [5, 5.41) is 11.1. The number of aromatic nitrogens is 2. The molecule has 9 heteroatoms. The standard InChI is InChI=1S/C20H26ClN5O2S/c1-12-18(22)20(11-28-12)5-8-26(9-6-20)14-2-3-16(25-13(14)10-27)29-15-4-7-24-19(23)17(15)21/h2-4,7,12,18,27H,5-6,8-11,22H2,1H3,(H2,23,24)/t12?,18-/m1/s1. The van der Waals surface area contributed by atoms with Crippen LogP contribution in [-0.2, 0) is 11.3 Å². The largest absolute Gasteiger partial charge is 0.390 e. The maximum atomic E-state index is 9.93. The van der Waals surface area contributed by atoms with Gasteiger partial charge in [0, 0.05) is 35.6 Å². The van der Waals surface area contributed by atoms with Crippen LogP contribution in [0.4, 0.5) is 11.5 Å². The number of hydrogen-bond donors (Lipinski definition) is 3. The zero-order valence-corrected chi connectivity index (χ0v) is 17.9. The Morgan fingerprint density at radius 3 is 2.76 bits per heavy atom. The van der Waals surface area contributed by atoms with E-state index in [1.54, 1.807) is 12.3 Å². The number of ether oxygens (including phenoxy) is 1. The first-order valence-electron chi connectivity index (χ1n) is 9.74. The molecule has 2 atom stereocenters. The molecule has 2 saturated heterocycles. The first-order valence-corrected chi connectivity index (χ1v) is 10.9. The summed E-state index contributed by atoms with van der Waals surface area (Å²) in [6.07, 6.45) is 3.69. The second kappa shape index (κ2) is 8.28. The van der Waals surface area contributed by atoms with E-state index in [0.29, 0.717) is 16.5 Å². The fraction of sp³-hybridized carbons (Fsp3) is 0.500. The third-order valence-electron chi connectivity index (χ3n) is 6.12. The van der Waals surface area contributed by atoms with Crippen molar-refractivity contribution >= 4 is 34.9 Å². The maximum absolute atomic E-state index is 9.93. The third-order valence-corrected chi connectivity index (χ3v) is 7.62. The number of nitrogen functional groups attached to an aromatic ring is 1. The molecular weight excluding hydrogens is 410 g/mol. The summed E-state index contributed by atoms with van der Waals surface area (Å²) in [5.41, 5.74) is 13.9. The Morgan fingerprint density at radius 2 is 2.10 bits per heavy atom. The quantitative estimate of drug-likeness (QED) is 0.672. The summed E-state index contributed by atoms with van der Waals surface area (Å²) in [7, 11) is 0. The van der Waals surface area contributed by atoms with Gasteiger partial charge < -0.3 is 26.2 Å². The molecule has 4 heterocycles. The number of anilines is 2. The van der Waals surface area contributed by atoms with Gasteiger partial charge in [0.1, 0.15) is 10.8 Å². The molecule has 4 rings (SSSR count). The van der Waals surface area contributed by atoms with E-state index in [1.165, 1.54) is 11.8 Å². The SMILES string of the molecule is CC1OCC2(CCN(c3ccc(Sc4ccnc(N)c4Cl)nc3CO)CC2)[C@@H]1N. The Labute approximate surface area is 179 Å². The number of pyridine rings is 2. The summed E-state index contributed by atoms with van der Waals surface area (Å²) in [6.45, 7) is 4.41. The summed E-state index contributed by atoms with van der Waals surface area (Å²) in [4.78, 5) is 11.7. The predicted molar refractivity (Wildman–Crippen MR) is 115 cm³/mol. The fourth-order valence-corrected chi connectivity index (χ4v) is 5.30. The van der Waals surface area contributed by atoms with Crippen molar-refractivity contribution in [3.8, 4) is 0 Å². The molecule has 0 aromatic carbocycles. The number of nitrogens with zero attached hydrogens (tertiary/aromatic N) is 3. The molecule has 156 valence electrons. The lowest BCUT2D eigenvalue weighted by molar-refractivity contribution is 0.0974. The summed E-state index contributed by atoms with van der Waals surface area (Å²) in [6, 6.07) is 5.85. The van der Waals surface area contributed by atoms with Crippen LogP contribution in [0.5, 0.6) is 0 Å². The van der Waals surface area contributed by atoms with Gasteiger partial charge in [-0.05, 0) is 38.0 Å². The third kappa shape index (κ3) is 3.92. The number of halogens is 1. The molecule has 2 aromatic heterocycles. The van der Waals surface area contributed by atoms with Crippen LogP contribution in [0.1, 0.15) is 25.5 Å². The van der Waals surface area contributed by atoms with Crippen LogP contribution < -0.4 is 16.4 Å². The Kier molecular flexibility index (Phi) is 5.90. The molecule has 1 unspecified atom stereocenters. The van der Waals surface area contributed by atoms with E-state index < -0.39 is 0 Å². The van der Waals surface area contributed by atoms with Crippen molar-refractivity contribution in [1.82, 2.24) is 9.97 Å². The lowest BCUT2D eigenvalue weighted by Crippen LogP contribution is -2.50. The van der Waals surface area contributed by atoms with E-state index in [0.717, 1.165) is 48.1 Å². The molecule has 1 spiro atoms. The van der Waals surface area contributed by atoms with E-state index >= 15 is 0 Å². The van der Waals surface area contributed by atoms with Crippen molar-refractivity contribution in [2.75, 3.05) is 30.3 Å². The second-order valence-electron chi connectivity index (χ2n) is 7.78. The summed E-state index contributed by atoms with van der Waals surface area (Å²) < 4.78 is 5.81. The molecule has 2 aliphatic rings. The smallest absolute Gasteiger partial charge is 0.143 e. The van der Waals surface area contributed by atoms with Gasteiger partial charge in [0.05, 0.1) is 35.7 Å². The number of rotatable bonds is 4. The van der Waals surface area contributed by atoms with Gasteiger partial charge in [0.25, 0.3) is 0 Å². The van der Waals surface area contributed by atoms with E-state index in [2.05, 4.69) is 21.8 Å². The van der Waals surface area contributed by atoms with Crippen molar-refractivity contribution in [2.24, 2.45) is 11.1 Å². The fourth-order valence-electron chi connectivity index (χ4n) is 4.23. The average Bonchev–Trinajstić information content (AvgIpc) is 3.01. The summed E-state index contributed by atoms with van der Waals surface area (Å²) in [5.74, 6) is 0.293. The Morgan fingerprint density at radius 1 is 1.34 bits per heavy atom. The molecule has 0 saturated carbocycles. The Bertz CT molecular complexity index is 891. The number of nitrogens with two attached hydrogens (primary N) is 2. The normalized spacial score (nSPS) is 23.7. The molecule has 0 aliphatic carbocycles. The van der Waals surface area contributed by atoms with Crippen molar-refractivity contribution in [1.29, 1.82) is 0 Å². The van der Waals surface area contributed by atoms with Crippen molar-refractivity contribution < 1.29 is 9.84 Å². The second-order valence-corrected chi connectivity index (χ2v) is 9.22. The van der Waals surface area contributed by atoms with Crippen LogP contribution in [0.15, 0.2) is 34.3 Å². The molecule has 0 bridgehead atoms. The minimum absolute atomic E-state index is 0.0660. The maximum Gasteiger partial charge on any atom is 0.143 e. The predicted octanol–water partition coefficient (Wildman–Crippen LogP) is 2.69. The van der Waals surface area contributed by atoms with Crippen LogP contribution in [0.25, 0.3) is 0 Å². The number of aliphatic hydroxyl groups excluding tert-OH is 1. The van der Waals surface area contributed by atoms with Gasteiger partial charge in [-0.1, -0.05) is 23.4 Å². The lowest BCUT2D eigenvalue weighted by Gasteiger charge is -2.42. The van der Waals surface area contributed by atoms with Crippen LogP contribution in [0.3, 0.4) is 0 Å². The molecule has 0 radical (unpaired) electrons. The van der Waals surface area contributed by atoms with E-state index in [9.17, 15) is 5.11 Å². The van der Waals surface area contributed by atoms with Gasteiger partial charge in [-0.15, -0.1) is 0 Å². The zero-order valence-electron chi connectivity index (χ0n) is 16.3. The monoisotopic (exact) mass is 435 g/mol. The minimum atomic E-state index is -0.128. The highest BCUT2D eigenvalue weighted by Crippen LogP contribution is 2.42. The molecule has 2 fully saturated rings. The molecule has 0 amide bonds. The summed E-state index contributed by atoms with van der Waals surface area (Å²) >= 11 is 7.64. The lowest BCUT2D eigenvalue weighted by atomic mass is 9.73. The first kappa shape index (κ1) is 20.7. The van der Waals surface area contributed by atoms with Gasteiger partial charge >= 0.3 is 0 Å². The van der Waals surface area contributed by atoms with Crippen LogP contribution in [-0.4, -0.2) is 46.9 Å².